The fourth-order valence-electron chi connectivity index (χ4n) is 7.79. The summed E-state index contributed by atoms with van der Waals surface area (Å²) < 4.78 is 10.1. The van der Waals surface area contributed by atoms with Gasteiger partial charge in [-0.25, -0.2) is 9.59 Å². The second kappa shape index (κ2) is 30.0. The number of alkyl carbamates (subject to hydrolysis) is 1. The van der Waals surface area contributed by atoms with Crippen LogP contribution in [-0.4, -0.2) is 136 Å². The number of methoxy groups -OCH3 is 1. The molecule has 0 aromatic carbocycles. The largest absolute Gasteiger partial charge is 0.467 e. The van der Waals surface area contributed by atoms with Crippen LogP contribution in [0, 0.1) is 29.6 Å². The maximum absolute atomic E-state index is 14.2. The third kappa shape index (κ3) is 26.2. The van der Waals surface area contributed by atoms with Crippen LogP contribution in [0.3, 0.4) is 0 Å². The summed E-state index contributed by atoms with van der Waals surface area (Å²) in [4.78, 5) is 150. The summed E-state index contributed by atoms with van der Waals surface area (Å²) in [5, 5.41) is 26.9. The first-order valence-corrected chi connectivity index (χ1v) is 27.5. The molecular weight excluding hydrogens is 1020 g/mol. The molecule has 0 fully saturated rings. The molecule has 0 aliphatic carbocycles. The van der Waals surface area contributed by atoms with Crippen molar-refractivity contribution in [1.82, 2.24) is 53.2 Å². The van der Waals surface area contributed by atoms with Gasteiger partial charge in [0.2, 0.25) is 53.2 Å². The first-order chi connectivity index (χ1) is 35.6. The van der Waals surface area contributed by atoms with Crippen molar-refractivity contribution in [2.75, 3.05) is 7.11 Å². The fourth-order valence-corrected chi connectivity index (χ4v) is 7.79. The van der Waals surface area contributed by atoms with E-state index in [4.69, 9.17) is 9.47 Å². The number of hydrogen-bond donors (Lipinski definition) is 10. The zero-order valence-electron chi connectivity index (χ0n) is 52.1. The van der Waals surface area contributed by atoms with E-state index >= 15 is 0 Å². The molecule has 10 N–H and O–H groups in total. The van der Waals surface area contributed by atoms with Crippen molar-refractivity contribution in [2.45, 2.75) is 255 Å². The van der Waals surface area contributed by atoms with Gasteiger partial charge in [-0.15, -0.1) is 0 Å². The molecular formula is C56H102N10O13. The van der Waals surface area contributed by atoms with Crippen LogP contribution in [0.2, 0.25) is 0 Å². The van der Waals surface area contributed by atoms with Crippen LogP contribution < -0.4 is 53.2 Å². The summed E-state index contributed by atoms with van der Waals surface area (Å²) in [5.41, 5.74) is -8.69. The fraction of sp³-hybridized carbons (Fsp3) is 0.804. The van der Waals surface area contributed by atoms with Gasteiger partial charge >= 0.3 is 12.1 Å². The van der Waals surface area contributed by atoms with E-state index in [9.17, 15) is 52.7 Å². The Bertz CT molecular complexity index is 2160. The molecule has 0 aliphatic rings. The minimum Gasteiger partial charge on any atom is -0.467 e. The summed E-state index contributed by atoms with van der Waals surface area (Å²) in [6, 6.07) is -5.82. The number of amides is 10. The first-order valence-electron chi connectivity index (χ1n) is 27.5. The van der Waals surface area contributed by atoms with E-state index in [1.165, 1.54) is 76.3 Å². The Kier molecular flexibility index (Phi) is 27.7. The number of esters is 1. The van der Waals surface area contributed by atoms with Crippen LogP contribution in [0.25, 0.3) is 0 Å². The van der Waals surface area contributed by atoms with E-state index < -0.39 is 129 Å². The molecule has 5 atom stereocenters. The SMILES string of the molecule is COC(=O)C(C)(C)NC(=O)[C@H](CC(C)C)NC(=O)C(C)(C)NC(=O)[C@H](CC(C)C)NC(=O)[C@H](CC(C)C)NC(=O)[C@H](CC(C)C)NC(=O)C(C)(C)NC(=O)C(C)(C)NC(=O)[C@H](CC(C)C)NC(=O)C(C)(C)NC(=O)OC(C)(C)C. The van der Waals surface area contributed by atoms with Crippen LogP contribution in [0.5, 0.6) is 0 Å². The zero-order valence-corrected chi connectivity index (χ0v) is 52.1. The van der Waals surface area contributed by atoms with E-state index in [2.05, 4.69) is 53.2 Å². The molecule has 79 heavy (non-hydrogen) atoms. The number of carbonyl (C=O) groups excluding carboxylic acids is 11. The Morgan fingerprint density at radius 3 is 0.848 bits per heavy atom. The van der Waals surface area contributed by atoms with Crippen LogP contribution in [-0.2, 0) is 57.4 Å². The summed E-state index contributed by atoms with van der Waals surface area (Å²) >= 11 is 0. The van der Waals surface area contributed by atoms with Crippen LogP contribution in [0.4, 0.5) is 4.79 Å². The van der Waals surface area contributed by atoms with Crippen molar-refractivity contribution in [3.05, 3.63) is 0 Å². The molecule has 454 valence electrons. The Morgan fingerprint density at radius 2 is 0.557 bits per heavy atom. The van der Waals surface area contributed by atoms with Crippen molar-refractivity contribution in [1.29, 1.82) is 0 Å². The number of nitrogens with one attached hydrogen (secondary N) is 10. The van der Waals surface area contributed by atoms with Crippen LogP contribution in [0.15, 0.2) is 0 Å². The lowest BCUT2D eigenvalue weighted by Gasteiger charge is -2.34. The third-order valence-electron chi connectivity index (χ3n) is 12.2. The van der Waals surface area contributed by atoms with E-state index in [0.29, 0.717) is 0 Å². The van der Waals surface area contributed by atoms with Gasteiger partial charge in [0.05, 0.1) is 7.11 Å². The average Bonchev–Trinajstić information content (AvgIpc) is 3.24. The Labute approximate surface area is 470 Å². The van der Waals surface area contributed by atoms with Gasteiger partial charge in [-0.05, 0) is 152 Å². The van der Waals surface area contributed by atoms with Gasteiger partial charge in [-0.3, -0.25) is 43.2 Å². The topological polar surface area (TPSA) is 327 Å². The predicted octanol–water partition coefficient (Wildman–Crippen LogP) is 3.70. The highest BCUT2D eigenvalue weighted by molar-refractivity contribution is 6.01. The second-order valence-electron chi connectivity index (χ2n) is 26.5. The number of rotatable bonds is 30. The van der Waals surface area contributed by atoms with Crippen molar-refractivity contribution in [3.8, 4) is 0 Å². The lowest BCUT2D eigenvalue weighted by molar-refractivity contribution is -0.149. The molecule has 0 heterocycles. The molecule has 0 bridgehead atoms. The van der Waals surface area contributed by atoms with Gasteiger partial charge in [0, 0.05) is 0 Å². The first kappa shape index (κ1) is 73.0. The molecule has 0 rings (SSSR count). The Balaban J connectivity index is 6.45. The highest BCUT2D eigenvalue weighted by Crippen LogP contribution is 2.18. The number of carbonyl (C=O) groups is 11. The molecule has 0 aromatic heterocycles. The molecule has 0 aromatic rings. The quantitative estimate of drug-likeness (QED) is 0.0460. The summed E-state index contributed by atoms with van der Waals surface area (Å²) in [7, 11) is 1.19. The van der Waals surface area contributed by atoms with Gasteiger partial charge in [0.15, 0.2) is 0 Å². The van der Waals surface area contributed by atoms with E-state index in [-0.39, 0.29) is 61.7 Å². The van der Waals surface area contributed by atoms with Gasteiger partial charge in [-0.1, -0.05) is 69.2 Å². The van der Waals surface area contributed by atoms with Crippen molar-refractivity contribution >= 4 is 65.2 Å². The summed E-state index contributed by atoms with van der Waals surface area (Å²) in [5.74, 6) is -7.66. The molecule has 0 saturated carbocycles. The van der Waals surface area contributed by atoms with Crippen LogP contribution in [0.1, 0.15) is 191 Å². The Morgan fingerprint density at radius 1 is 0.316 bits per heavy atom. The predicted molar refractivity (Wildman–Crippen MR) is 301 cm³/mol. The summed E-state index contributed by atoms with van der Waals surface area (Å²) in [6.45, 7) is 37.8. The van der Waals surface area contributed by atoms with Crippen molar-refractivity contribution < 1.29 is 62.2 Å². The number of ether oxygens (including phenoxy) is 2. The highest BCUT2D eigenvalue weighted by Gasteiger charge is 2.43. The zero-order chi connectivity index (χ0) is 62.1. The average molecular weight is 1120 g/mol. The molecule has 10 amide bonds. The third-order valence-corrected chi connectivity index (χ3v) is 12.2. The Hall–Kier alpha value is -6.03. The number of hydrogen-bond acceptors (Lipinski definition) is 13. The molecule has 23 heteroatoms. The molecule has 0 saturated heterocycles. The van der Waals surface area contributed by atoms with Gasteiger partial charge in [0.1, 0.15) is 63.5 Å². The van der Waals surface area contributed by atoms with Crippen molar-refractivity contribution in [2.24, 2.45) is 29.6 Å². The normalized spacial score (nSPS) is 14.4. The monoisotopic (exact) mass is 1120 g/mol. The van der Waals surface area contributed by atoms with Crippen LogP contribution >= 0.6 is 0 Å². The van der Waals surface area contributed by atoms with Gasteiger partial charge < -0.3 is 62.6 Å². The maximum Gasteiger partial charge on any atom is 0.408 e. The standard InChI is InChI=1S/C56H102N10O13/c1-30(2)25-35(40(67)58-37(27-32(5)6)42(69)62-52(14,15)45(72)60-39(29-34(9)10)44(71)64-56(22,23)49(76)78-24)57-41(68)36(26-31(3)4)59-46(73)53(16,17)65-48(75)55(20,21)63-43(70)38(28-33(7)8)61-47(74)54(18,19)66-50(77)79-51(11,12)13/h30-39H,25-29H2,1-24H3,(H,57,68)(H,58,67)(H,59,73)(H,60,72)(H,61,74)(H,62,69)(H,63,70)(H,64,71)(H,65,75)(H,66,77)/t35-,36-,37-,38-,39-/m0/s1. The van der Waals surface area contributed by atoms with E-state index in [1.807, 2.05) is 69.2 Å². The summed E-state index contributed by atoms with van der Waals surface area (Å²) in [6.07, 6.45) is -0.0885. The van der Waals surface area contributed by atoms with Gasteiger partial charge in [-0.2, -0.15) is 0 Å². The smallest absolute Gasteiger partial charge is 0.408 e. The molecule has 0 radical (unpaired) electrons. The minimum absolute atomic E-state index is 0.0611. The second-order valence-corrected chi connectivity index (χ2v) is 26.5. The van der Waals surface area contributed by atoms with E-state index in [0.717, 1.165) is 0 Å². The lowest BCUT2D eigenvalue weighted by atomic mass is 9.95. The highest BCUT2D eigenvalue weighted by atomic mass is 16.6. The van der Waals surface area contributed by atoms with Gasteiger partial charge in [0.25, 0.3) is 0 Å². The molecule has 23 nitrogen and oxygen atoms in total. The molecule has 0 unspecified atom stereocenters. The van der Waals surface area contributed by atoms with Crippen molar-refractivity contribution in [3.63, 3.8) is 0 Å². The lowest BCUT2D eigenvalue weighted by Crippen LogP contribution is -2.66. The molecule has 0 spiro atoms. The maximum atomic E-state index is 14.2. The molecule has 0 aliphatic heterocycles. The minimum atomic E-state index is -1.68. The van der Waals surface area contributed by atoms with E-state index in [1.54, 1.807) is 20.8 Å².